The SMILES string of the molecule is CCN1CCN(Cc2ccc(-c3cnc4cccc(-c5ccc(CN6CCCCC6)c(F)c5)c4n3)cc2C)CC1. The fourth-order valence-electron chi connectivity index (χ4n) is 6.14. The van der Waals surface area contributed by atoms with Gasteiger partial charge in [0.05, 0.1) is 22.9 Å². The molecule has 2 aliphatic heterocycles. The van der Waals surface area contributed by atoms with Crippen molar-refractivity contribution in [2.75, 3.05) is 45.8 Å². The van der Waals surface area contributed by atoms with Crippen LogP contribution in [0.2, 0.25) is 0 Å². The molecule has 0 N–H and O–H groups in total. The monoisotopic (exact) mass is 537 g/mol. The van der Waals surface area contributed by atoms with E-state index in [1.54, 1.807) is 6.07 Å². The van der Waals surface area contributed by atoms with E-state index in [0.717, 1.165) is 91.3 Å². The van der Waals surface area contributed by atoms with Crippen LogP contribution in [0.15, 0.2) is 60.8 Å². The molecule has 0 saturated carbocycles. The van der Waals surface area contributed by atoms with Crippen LogP contribution in [0.25, 0.3) is 33.4 Å². The molecule has 6 rings (SSSR count). The summed E-state index contributed by atoms with van der Waals surface area (Å²) < 4.78 is 15.3. The number of nitrogens with zero attached hydrogens (tertiary/aromatic N) is 5. The summed E-state index contributed by atoms with van der Waals surface area (Å²) in [5, 5.41) is 0. The van der Waals surface area contributed by atoms with Crippen LogP contribution in [0.5, 0.6) is 0 Å². The van der Waals surface area contributed by atoms with E-state index in [1.807, 2.05) is 36.5 Å². The van der Waals surface area contributed by atoms with E-state index < -0.39 is 0 Å². The molecule has 3 heterocycles. The maximum Gasteiger partial charge on any atom is 0.128 e. The van der Waals surface area contributed by atoms with Gasteiger partial charge in [-0.1, -0.05) is 49.7 Å². The molecule has 0 unspecified atom stereocenters. The topological polar surface area (TPSA) is 35.5 Å². The maximum atomic E-state index is 15.3. The summed E-state index contributed by atoms with van der Waals surface area (Å²) in [4.78, 5) is 17.2. The lowest BCUT2D eigenvalue weighted by molar-refractivity contribution is 0.132. The van der Waals surface area contributed by atoms with Gasteiger partial charge in [-0.2, -0.15) is 0 Å². The lowest BCUT2D eigenvalue weighted by Crippen LogP contribution is -2.45. The van der Waals surface area contributed by atoms with Gasteiger partial charge in [0.1, 0.15) is 5.82 Å². The first-order valence-electron chi connectivity index (χ1n) is 14.9. The highest BCUT2D eigenvalue weighted by Gasteiger charge is 2.18. The number of piperidine rings is 1. The van der Waals surface area contributed by atoms with Gasteiger partial charge < -0.3 is 4.90 Å². The third-order valence-corrected chi connectivity index (χ3v) is 8.72. The molecule has 2 saturated heterocycles. The van der Waals surface area contributed by atoms with Crippen LogP contribution in [0.1, 0.15) is 42.9 Å². The fraction of sp³-hybridized carbons (Fsp3) is 0.412. The minimum atomic E-state index is -0.147. The molecule has 0 bridgehead atoms. The van der Waals surface area contributed by atoms with Crippen LogP contribution >= 0.6 is 0 Å². The highest BCUT2D eigenvalue weighted by atomic mass is 19.1. The lowest BCUT2D eigenvalue weighted by atomic mass is 10.00. The van der Waals surface area contributed by atoms with Crippen molar-refractivity contribution in [3.63, 3.8) is 0 Å². The number of hydrogen-bond acceptors (Lipinski definition) is 5. The molecule has 0 spiro atoms. The molecule has 0 amide bonds. The second-order valence-corrected chi connectivity index (χ2v) is 11.4. The number of piperazine rings is 1. The van der Waals surface area contributed by atoms with Crippen molar-refractivity contribution in [3.8, 4) is 22.4 Å². The Hall–Kier alpha value is -3.19. The van der Waals surface area contributed by atoms with Crippen LogP contribution in [-0.4, -0.2) is 70.5 Å². The number of likely N-dealkylation sites (tertiary alicyclic amines) is 1. The zero-order valence-corrected chi connectivity index (χ0v) is 23.9. The minimum absolute atomic E-state index is 0.147. The number of aryl methyl sites for hydroxylation is 1. The highest BCUT2D eigenvalue weighted by Crippen LogP contribution is 2.31. The molecule has 2 fully saturated rings. The van der Waals surface area contributed by atoms with Crippen molar-refractivity contribution in [2.24, 2.45) is 0 Å². The Morgan fingerprint density at radius 2 is 1.45 bits per heavy atom. The van der Waals surface area contributed by atoms with Crippen LogP contribution in [-0.2, 0) is 13.1 Å². The van der Waals surface area contributed by atoms with Gasteiger partial charge >= 0.3 is 0 Å². The van der Waals surface area contributed by atoms with Crippen molar-refractivity contribution in [3.05, 3.63) is 83.3 Å². The normalized spacial score (nSPS) is 17.5. The van der Waals surface area contributed by atoms with E-state index in [1.165, 1.54) is 30.4 Å². The Morgan fingerprint density at radius 3 is 2.20 bits per heavy atom. The standard InChI is InChI=1S/C34H40FN5/c1-3-38-16-18-40(19-17-38)23-28-12-11-27(20-25(28)2)33-22-36-32-9-7-8-30(34(32)37-33)26-10-13-29(31(35)21-26)24-39-14-5-4-6-15-39/h7-13,20-22H,3-6,14-19,23-24H2,1-2H3. The number of para-hydroxylation sites is 1. The molecule has 40 heavy (non-hydrogen) atoms. The number of hydrogen-bond donors (Lipinski definition) is 0. The second kappa shape index (κ2) is 12.1. The van der Waals surface area contributed by atoms with Crippen molar-refractivity contribution in [2.45, 2.75) is 46.2 Å². The van der Waals surface area contributed by atoms with E-state index >= 15 is 4.39 Å². The third-order valence-electron chi connectivity index (χ3n) is 8.72. The number of likely N-dealkylation sites (N-methyl/N-ethyl adjacent to an activating group) is 1. The van der Waals surface area contributed by atoms with Crippen LogP contribution < -0.4 is 0 Å². The molecule has 1 aromatic heterocycles. The minimum Gasteiger partial charge on any atom is -0.301 e. The summed E-state index contributed by atoms with van der Waals surface area (Å²) in [6.45, 7) is 13.9. The first-order chi connectivity index (χ1) is 19.6. The highest BCUT2D eigenvalue weighted by molar-refractivity contribution is 5.92. The number of rotatable bonds is 7. The van der Waals surface area contributed by atoms with Crippen LogP contribution in [0.4, 0.5) is 4.39 Å². The number of halogens is 1. The van der Waals surface area contributed by atoms with Gasteiger partial charge in [0, 0.05) is 56.0 Å². The van der Waals surface area contributed by atoms with Gasteiger partial charge in [0.2, 0.25) is 0 Å². The molecule has 208 valence electrons. The molecule has 3 aromatic carbocycles. The molecule has 0 radical (unpaired) electrons. The molecule has 5 nitrogen and oxygen atoms in total. The van der Waals surface area contributed by atoms with Crippen molar-refractivity contribution < 1.29 is 4.39 Å². The summed E-state index contributed by atoms with van der Waals surface area (Å²) in [5.41, 5.74) is 8.68. The lowest BCUT2D eigenvalue weighted by Gasteiger charge is -2.34. The van der Waals surface area contributed by atoms with Gasteiger partial charge in [0.15, 0.2) is 0 Å². The van der Waals surface area contributed by atoms with Crippen molar-refractivity contribution in [1.29, 1.82) is 0 Å². The molecule has 2 aliphatic rings. The third kappa shape index (κ3) is 5.95. The van der Waals surface area contributed by atoms with Crippen molar-refractivity contribution >= 4 is 11.0 Å². The zero-order chi connectivity index (χ0) is 27.5. The first-order valence-corrected chi connectivity index (χ1v) is 14.9. The van der Waals surface area contributed by atoms with Gasteiger partial charge in [-0.15, -0.1) is 0 Å². The average Bonchev–Trinajstić information content (AvgIpc) is 2.99. The predicted octanol–water partition coefficient (Wildman–Crippen LogP) is 6.53. The van der Waals surface area contributed by atoms with E-state index in [-0.39, 0.29) is 5.82 Å². The maximum absolute atomic E-state index is 15.3. The average molecular weight is 538 g/mol. The number of fused-ring (bicyclic) bond motifs is 1. The smallest absolute Gasteiger partial charge is 0.128 e. The summed E-state index contributed by atoms with van der Waals surface area (Å²) in [7, 11) is 0. The number of aromatic nitrogens is 2. The van der Waals surface area contributed by atoms with Gasteiger partial charge in [0.25, 0.3) is 0 Å². The Labute approximate surface area is 237 Å². The quantitative estimate of drug-likeness (QED) is 0.268. The molecule has 6 heteroatoms. The van der Waals surface area contributed by atoms with E-state index in [2.05, 4.69) is 46.7 Å². The Kier molecular flexibility index (Phi) is 8.19. The molecule has 0 aliphatic carbocycles. The van der Waals surface area contributed by atoms with E-state index in [4.69, 9.17) is 9.97 Å². The molecule has 0 atom stereocenters. The van der Waals surface area contributed by atoms with Gasteiger partial charge in [-0.25, -0.2) is 9.37 Å². The fourth-order valence-corrected chi connectivity index (χ4v) is 6.14. The Morgan fingerprint density at radius 1 is 0.750 bits per heavy atom. The second-order valence-electron chi connectivity index (χ2n) is 11.4. The summed E-state index contributed by atoms with van der Waals surface area (Å²) in [6, 6.07) is 18.3. The summed E-state index contributed by atoms with van der Waals surface area (Å²) >= 11 is 0. The molecule has 4 aromatic rings. The van der Waals surface area contributed by atoms with E-state index in [9.17, 15) is 0 Å². The summed E-state index contributed by atoms with van der Waals surface area (Å²) in [5.74, 6) is -0.147. The Bertz CT molecular complexity index is 1470. The van der Waals surface area contributed by atoms with E-state index in [0.29, 0.717) is 6.54 Å². The summed E-state index contributed by atoms with van der Waals surface area (Å²) in [6.07, 6.45) is 5.54. The number of benzene rings is 3. The van der Waals surface area contributed by atoms with Gasteiger partial charge in [-0.3, -0.25) is 14.8 Å². The van der Waals surface area contributed by atoms with Crippen LogP contribution in [0, 0.1) is 12.7 Å². The van der Waals surface area contributed by atoms with Crippen molar-refractivity contribution in [1.82, 2.24) is 24.7 Å². The molecular formula is C34H40FN5. The predicted molar refractivity (Wildman–Crippen MR) is 162 cm³/mol. The van der Waals surface area contributed by atoms with Crippen LogP contribution in [0.3, 0.4) is 0 Å². The first kappa shape index (κ1) is 27.0. The Balaban J connectivity index is 1.24. The largest absolute Gasteiger partial charge is 0.301 e. The van der Waals surface area contributed by atoms with Gasteiger partial charge in [-0.05, 0) is 74.3 Å². The zero-order valence-electron chi connectivity index (χ0n) is 23.9. The molecular weight excluding hydrogens is 497 g/mol.